The lowest BCUT2D eigenvalue weighted by molar-refractivity contribution is -0.104. The maximum Gasteiger partial charge on any atom is 0.142 e. The van der Waals surface area contributed by atoms with Crippen molar-refractivity contribution in [2.75, 3.05) is 0 Å². The van der Waals surface area contributed by atoms with Crippen LogP contribution in [0.1, 0.15) is 26.7 Å². The molecular weight excluding hydrogens is 124 g/mol. The van der Waals surface area contributed by atoms with Crippen molar-refractivity contribution in [3.63, 3.8) is 0 Å². The highest BCUT2D eigenvalue weighted by molar-refractivity contribution is 5.65. The summed E-state index contributed by atoms with van der Waals surface area (Å²) < 4.78 is 0. The Morgan fingerprint density at radius 1 is 1.50 bits per heavy atom. The molecule has 0 heterocycles. The number of allylic oxidation sites excluding steroid dienone is 4. The number of carbonyl (C=O) groups is 1. The van der Waals surface area contributed by atoms with Crippen LogP contribution in [0.5, 0.6) is 0 Å². The number of hydrogen-bond acceptors (Lipinski definition) is 1. The first-order chi connectivity index (χ1) is 4.81. The van der Waals surface area contributed by atoms with E-state index in [0.29, 0.717) is 0 Å². The van der Waals surface area contributed by atoms with E-state index in [-0.39, 0.29) is 0 Å². The Hall–Kier alpha value is -0.850. The normalized spacial score (nSPS) is 12.4. The molecule has 0 radical (unpaired) electrons. The monoisotopic (exact) mass is 138 g/mol. The molecule has 0 fully saturated rings. The molecule has 0 unspecified atom stereocenters. The quantitative estimate of drug-likeness (QED) is 0.331. The van der Waals surface area contributed by atoms with Crippen LogP contribution in [-0.4, -0.2) is 6.29 Å². The first kappa shape index (κ1) is 9.15. The molecule has 0 amide bonds. The van der Waals surface area contributed by atoms with E-state index in [2.05, 4.69) is 6.08 Å². The molecule has 0 aliphatic heterocycles. The van der Waals surface area contributed by atoms with Crippen LogP contribution in [-0.2, 0) is 4.79 Å². The summed E-state index contributed by atoms with van der Waals surface area (Å²) in [5, 5.41) is 0. The molecule has 1 heteroatoms. The lowest BCUT2D eigenvalue weighted by Crippen LogP contribution is -1.75. The predicted molar refractivity (Wildman–Crippen MR) is 43.9 cm³/mol. The molecule has 0 bridgehead atoms. The second-order valence-electron chi connectivity index (χ2n) is 2.26. The molecule has 0 aliphatic rings. The first-order valence-electron chi connectivity index (χ1n) is 3.53. The Balaban J connectivity index is 3.48. The van der Waals surface area contributed by atoms with E-state index in [0.717, 1.165) is 24.7 Å². The van der Waals surface area contributed by atoms with Gasteiger partial charge in [-0.3, -0.25) is 4.79 Å². The molecule has 56 valence electrons. The van der Waals surface area contributed by atoms with Crippen molar-refractivity contribution in [2.24, 2.45) is 0 Å². The minimum Gasteiger partial charge on any atom is -0.299 e. The summed E-state index contributed by atoms with van der Waals surface area (Å²) in [5.41, 5.74) is 1.15. The molecule has 0 aliphatic carbocycles. The average Bonchev–Trinajstić information content (AvgIpc) is 1.89. The van der Waals surface area contributed by atoms with E-state index in [1.807, 2.05) is 19.9 Å². The van der Waals surface area contributed by atoms with Crippen LogP contribution in [0.15, 0.2) is 23.8 Å². The van der Waals surface area contributed by atoms with Crippen molar-refractivity contribution in [3.05, 3.63) is 23.8 Å². The maximum absolute atomic E-state index is 9.95. The molecule has 1 nitrogen and oxygen atoms in total. The first-order valence-corrected chi connectivity index (χ1v) is 3.53. The largest absolute Gasteiger partial charge is 0.299 e. The molecule has 0 rings (SSSR count). The van der Waals surface area contributed by atoms with Crippen LogP contribution in [0, 0.1) is 0 Å². The summed E-state index contributed by atoms with van der Waals surface area (Å²) >= 11 is 0. The summed E-state index contributed by atoms with van der Waals surface area (Å²) in [5.74, 6) is 0. The molecule has 0 spiro atoms. The van der Waals surface area contributed by atoms with Gasteiger partial charge >= 0.3 is 0 Å². The van der Waals surface area contributed by atoms with Gasteiger partial charge in [0.05, 0.1) is 0 Å². The second kappa shape index (κ2) is 6.27. The van der Waals surface area contributed by atoms with E-state index < -0.39 is 0 Å². The van der Waals surface area contributed by atoms with Crippen molar-refractivity contribution in [2.45, 2.75) is 26.7 Å². The highest BCUT2D eigenvalue weighted by Crippen LogP contribution is 2.02. The zero-order chi connectivity index (χ0) is 7.82. The van der Waals surface area contributed by atoms with Crippen LogP contribution in [0.25, 0.3) is 0 Å². The molecule has 0 saturated heterocycles. The molecule has 0 N–H and O–H groups in total. The average molecular weight is 138 g/mol. The third-order valence-corrected chi connectivity index (χ3v) is 1.29. The molecule has 10 heavy (non-hydrogen) atoms. The van der Waals surface area contributed by atoms with Crippen molar-refractivity contribution >= 4 is 6.29 Å². The van der Waals surface area contributed by atoms with Crippen molar-refractivity contribution in [1.82, 2.24) is 0 Å². The lowest BCUT2D eigenvalue weighted by atomic mass is 10.1. The van der Waals surface area contributed by atoms with Gasteiger partial charge in [0.25, 0.3) is 0 Å². The molecule has 0 aromatic heterocycles. The minimum absolute atomic E-state index is 0.838. The third-order valence-electron chi connectivity index (χ3n) is 1.29. The van der Waals surface area contributed by atoms with Gasteiger partial charge in [0.1, 0.15) is 6.29 Å². The fourth-order valence-corrected chi connectivity index (χ4v) is 0.677. The predicted octanol–water partition coefficient (Wildman–Crippen LogP) is 2.49. The summed E-state index contributed by atoms with van der Waals surface area (Å²) in [6.45, 7) is 3.97. The van der Waals surface area contributed by atoms with Gasteiger partial charge in [-0.25, -0.2) is 0 Å². The molecule has 0 saturated carbocycles. The van der Waals surface area contributed by atoms with E-state index >= 15 is 0 Å². The fourth-order valence-electron chi connectivity index (χ4n) is 0.677. The van der Waals surface area contributed by atoms with Gasteiger partial charge in [-0.05, 0) is 32.8 Å². The van der Waals surface area contributed by atoms with Crippen molar-refractivity contribution < 1.29 is 4.79 Å². The molecule has 0 aromatic carbocycles. The van der Waals surface area contributed by atoms with Crippen LogP contribution in [0.4, 0.5) is 0 Å². The molecular formula is C9H14O. The minimum atomic E-state index is 0.838. The highest BCUT2D eigenvalue weighted by atomic mass is 16.1. The van der Waals surface area contributed by atoms with Crippen LogP contribution in [0.3, 0.4) is 0 Å². The van der Waals surface area contributed by atoms with Crippen LogP contribution < -0.4 is 0 Å². The Bertz CT molecular complexity index is 143. The molecule has 0 atom stereocenters. The van der Waals surface area contributed by atoms with Crippen molar-refractivity contribution in [1.29, 1.82) is 0 Å². The Morgan fingerprint density at radius 3 is 2.70 bits per heavy atom. The van der Waals surface area contributed by atoms with Crippen molar-refractivity contribution in [3.8, 4) is 0 Å². The fraction of sp³-hybridized carbons (Fsp3) is 0.444. The lowest BCUT2D eigenvalue weighted by Gasteiger charge is -1.92. The van der Waals surface area contributed by atoms with Gasteiger partial charge in [-0.15, -0.1) is 0 Å². The topological polar surface area (TPSA) is 17.1 Å². The van der Waals surface area contributed by atoms with Gasteiger partial charge in [0.15, 0.2) is 0 Å². The Kier molecular flexibility index (Phi) is 5.74. The SMILES string of the molecule is CC=CCCC(C)=CC=O. The summed E-state index contributed by atoms with van der Waals surface area (Å²) in [6.07, 6.45) is 8.60. The second-order valence-corrected chi connectivity index (χ2v) is 2.26. The van der Waals surface area contributed by atoms with Gasteiger partial charge in [-0.1, -0.05) is 17.7 Å². The van der Waals surface area contributed by atoms with Gasteiger partial charge in [0, 0.05) is 0 Å². The van der Waals surface area contributed by atoms with Gasteiger partial charge in [0.2, 0.25) is 0 Å². The zero-order valence-electron chi connectivity index (χ0n) is 6.63. The zero-order valence-corrected chi connectivity index (χ0v) is 6.63. The Labute approximate surface area is 62.4 Å². The smallest absolute Gasteiger partial charge is 0.142 e. The van der Waals surface area contributed by atoms with Crippen LogP contribution >= 0.6 is 0 Å². The molecule has 0 aromatic rings. The highest BCUT2D eigenvalue weighted by Gasteiger charge is 1.84. The summed E-state index contributed by atoms with van der Waals surface area (Å²) in [4.78, 5) is 9.95. The Morgan fingerprint density at radius 2 is 2.20 bits per heavy atom. The number of carbonyl (C=O) groups excluding carboxylic acids is 1. The van der Waals surface area contributed by atoms with Crippen LogP contribution in [0.2, 0.25) is 0 Å². The maximum atomic E-state index is 9.95. The number of hydrogen-bond donors (Lipinski definition) is 0. The summed E-state index contributed by atoms with van der Waals surface area (Å²) in [6, 6.07) is 0. The van der Waals surface area contributed by atoms with Gasteiger partial charge in [-0.2, -0.15) is 0 Å². The van der Waals surface area contributed by atoms with Gasteiger partial charge < -0.3 is 0 Å². The third kappa shape index (κ3) is 5.29. The van der Waals surface area contributed by atoms with E-state index in [4.69, 9.17) is 0 Å². The van der Waals surface area contributed by atoms with E-state index in [1.54, 1.807) is 6.08 Å². The van der Waals surface area contributed by atoms with E-state index in [9.17, 15) is 4.79 Å². The van der Waals surface area contributed by atoms with E-state index in [1.165, 1.54) is 0 Å². The standard InChI is InChI=1S/C9H14O/c1-3-4-5-6-9(2)7-8-10/h3-4,7-8H,5-6H2,1-2H3. The number of rotatable bonds is 4. The number of aldehydes is 1. The summed E-state index contributed by atoms with van der Waals surface area (Å²) in [7, 11) is 0.